The van der Waals surface area contributed by atoms with Gasteiger partial charge in [0.1, 0.15) is 0 Å². The van der Waals surface area contributed by atoms with Gasteiger partial charge in [-0.15, -0.1) is 0 Å². The first-order chi connectivity index (χ1) is 8.54. The number of pyridine rings is 1. The Balaban J connectivity index is 1.95. The van der Waals surface area contributed by atoms with Gasteiger partial charge in [0, 0.05) is 10.9 Å². The van der Waals surface area contributed by atoms with Crippen molar-refractivity contribution >= 4 is 22.6 Å². The van der Waals surface area contributed by atoms with Crippen molar-refractivity contribution < 1.29 is 0 Å². The highest BCUT2D eigenvalue weighted by atomic mass is 32.2. The summed E-state index contributed by atoms with van der Waals surface area (Å²) in [6, 6.07) is 4.11. The number of hydrogen-bond donors (Lipinski definition) is 1. The van der Waals surface area contributed by atoms with Gasteiger partial charge < -0.3 is 5.32 Å². The van der Waals surface area contributed by atoms with Crippen LogP contribution in [-0.4, -0.2) is 21.9 Å². The fourth-order valence-corrected chi connectivity index (χ4v) is 3.33. The lowest BCUT2D eigenvalue weighted by atomic mass is 10.1. The molecule has 2 rings (SSSR count). The van der Waals surface area contributed by atoms with Crippen LogP contribution in [0.3, 0.4) is 0 Å². The third kappa shape index (κ3) is 3.48. The minimum atomic E-state index is 0.631. The van der Waals surface area contributed by atoms with E-state index in [1.54, 1.807) is 0 Å². The molecule has 1 aliphatic rings. The minimum absolute atomic E-state index is 0.631. The van der Waals surface area contributed by atoms with E-state index in [2.05, 4.69) is 35.2 Å². The van der Waals surface area contributed by atoms with Crippen molar-refractivity contribution in [2.75, 3.05) is 11.9 Å². The maximum absolute atomic E-state index is 4.57. The highest BCUT2D eigenvalue weighted by molar-refractivity contribution is 8.15. The second-order valence-corrected chi connectivity index (χ2v) is 6.51. The molecular formula is C14H21N3S. The van der Waals surface area contributed by atoms with Gasteiger partial charge in [0.15, 0.2) is 5.17 Å². The molecule has 98 valence electrons. The average molecular weight is 263 g/mol. The molecule has 1 aromatic rings. The monoisotopic (exact) mass is 263 g/mol. The number of nitrogens with zero attached hydrogens (tertiary/aromatic N) is 2. The number of aliphatic imine (C=N–C) groups is 1. The predicted octanol–water partition coefficient (Wildman–Crippen LogP) is 3.63. The van der Waals surface area contributed by atoms with Crippen LogP contribution in [0.4, 0.5) is 5.69 Å². The molecule has 0 spiro atoms. The molecule has 0 radical (unpaired) electrons. The number of anilines is 1. The molecule has 0 fully saturated rings. The van der Waals surface area contributed by atoms with Crippen molar-refractivity contribution in [3.05, 3.63) is 23.5 Å². The second kappa shape index (κ2) is 5.74. The number of nitrogens with one attached hydrogen (secondary N) is 1. The van der Waals surface area contributed by atoms with Gasteiger partial charge in [-0.25, -0.2) is 0 Å². The van der Waals surface area contributed by atoms with E-state index in [1.165, 1.54) is 6.42 Å². The van der Waals surface area contributed by atoms with Gasteiger partial charge >= 0.3 is 0 Å². The lowest BCUT2D eigenvalue weighted by Gasteiger charge is -2.12. The summed E-state index contributed by atoms with van der Waals surface area (Å²) in [4.78, 5) is 9.03. The average Bonchev–Trinajstić information content (AvgIpc) is 2.69. The molecule has 1 aliphatic heterocycles. The van der Waals surface area contributed by atoms with Crippen molar-refractivity contribution in [3.8, 4) is 0 Å². The Kier molecular flexibility index (Phi) is 4.27. The van der Waals surface area contributed by atoms with Crippen LogP contribution in [0.1, 0.15) is 31.7 Å². The Morgan fingerprint density at radius 2 is 2.17 bits per heavy atom. The first-order valence-corrected chi connectivity index (χ1v) is 7.35. The quantitative estimate of drug-likeness (QED) is 0.905. The van der Waals surface area contributed by atoms with Crippen LogP contribution in [0.25, 0.3) is 0 Å². The number of aromatic nitrogens is 1. The molecule has 0 saturated heterocycles. The Bertz CT molecular complexity index is 454. The lowest BCUT2D eigenvalue weighted by Crippen LogP contribution is -2.10. The summed E-state index contributed by atoms with van der Waals surface area (Å²) in [5.41, 5.74) is 3.15. The fraction of sp³-hybridized carbons (Fsp3) is 0.571. The zero-order valence-electron chi connectivity index (χ0n) is 11.5. The molecule has 2 heterocycles. The van der Waals surface area contributed by atoms with Crippen LogP contribution in [-0.2, 0) is 0 Å². The topological polar surface area (TPSA) is 37.3 Å². The van der Waals surface area contributed by atoms with E-state index in [9.17, 15) is 0 Å². The van der Waals surface area contributed by atoms with Crippen molar-refractivity contribution in [1.82, 2.24) is 4.98 Å². The summed E-state index contributed by atoms with van der Waals surface area (Å²) < 4.78 is 0. The number of amidine groups is 1. The number of aryl methyl sites for hydroxylation is 2. The Hall–Kier alpha value is -1.03. The summed E-state index contributed by atoms with van der Waals surface area (Å²) in [6.45, 7) is 9.50. The highest BCUT2D eigenvalue weighted by Crippen LogP contribution is 2.27. The van der Waals surface area contributed by atoms with Gasteiger partial charge in [0.25, 0.3) is 0 Å². The van der Waals surface area contributed by atoms with E-state index in [4.69, 9.17) is 0 Å². The SMILES string of the molecule is Cc1ccc(NC2=NCC(CC(C)C)S2)c(C)n1. The maximum atomic E-state index is 4.57. The second-order valence-electron chi connectivity index (χ2n) is 5.23. The third-order valence-corrected chi connectivity index (χ3v) is 4.05. The molecule has 0 aliphatic carbocycles. The maximum Gasteiger partial charge on any atom is 0.161 e. The van der Waals surface area contributed by atoms with Gasteiger partial charge in [0.2, 0.25) is 0 Å². The van der Waals surface area contributed by atoms with Crippen molar-refractivity contribution in [2.24, 2.45) is 10.9 Å². The normalized spacial score (nSPS) is 19.2. The summed E-state index contributed by atoms with van der Waals surface area (Å²) >= 11 is 1.86. The van der Waals surface area contributed by atoms with Gasteiger partial charge in [-0.3, -0.25) is 9.98 Å². The molecule has 0 saturated carbocycles. The molecule has 18 heavy (non-hydrogen) atoms. The van der Waals surface area contributed by atoms with E-state index < -0.39 is 0 Å². The molecule has 4 heteroatoms. The summed E-state index contributed by atoms with van der Waals surface area (Å²) in [7, 11) is 0. The smallest absolute Gasteiger partial charge is 0.161 e. The van der Waals surface area contributed by atoms with Gasteiger partial charge in [-0.05, 0) is 38.3 Å². The van der Waals surface area contributed by atoms with E-state index in [1.807, 2.05) is 31.7 Å². The van der Waals surface area contributed by atoms with Gasteiger partial charge in [0.05, 0.1) is 17.9 Å². The van der Waals surface area contributed by atoms with Crippen LogP contribution in [0.15, 0.2) is 17.1 Å². The number of hydrogen-bond acceptors (Lipinski definition) is 4. The minimum Gasteiger partial charge on any atom is -0.333 e. The molecule has 0 bridgehead atoms. The molecule has 0 aromatic carbocycles. The van der Waals surface area contributed by atoms with Crippen LogP contribution in [0, 0.1) is 19.8 Å². The Morgan fingerprint density at radius 3 is 2.83 bits per heavy atom. The van der Waals surface area contributed by atoms with Crippen LogP contribution in [0.5, 0.6) is 0 Å². The zero-order chi connectivity index (χ0) is 13.1. The van der Waals surface area contributed by atoms with E-state index in [-0.39, 0.29) is 0 Å². The van der Waals surface area contributed by atoms with Crippen molar-refractivity contribution in [2.45, 2.75) is 39.4 Å². The first kappa shape index (κ1) is 13.4. The van der Waals surface area contributed by atoms with Crippen molar-refractivity contribution in [1.29, 1.82) is 0 Å². The Morgan fingerprint density at radius 1 is 1.39 bits per heavy atom. The molecule has 1 atom stereocenters. The summed E-state index contributed by atoms with van der Waals surface area (Å²) in [5.74, 6) is 0.736. The molecule has 0 amide bonds. The molecular weight excluding hydrogens is 242 g/mol. The van der Waals surface area contributed by atoms with E-state index in [0.29, 0.717) is 5.25 Å². The first-order valence-electron chi connectivity index (χ1n) is 6.47. The van der Waals surface area contributed by atoms with Crippen LogP contribution in [0.2, 0.25) is 0 Å². The fourth-order valence-electron chi connectivity index (χ4n) is 2.07. The third-order valence-electron chi connectivity index (χ3n) is 2.92. The summed E-state index contributed by atoms with van der Waals surface area (Å²) in [5, 5.41) is 5.06. The molecule has 1 aromatic heterocycles. The molecule has 1 unspecified atom stereocenters. The van der Waals surface area contributed by atoms with Crippen LogP contribution >= 0.6 is 11.8 Å². The standard InChI is InChI=1S/C14H21N3S/c1-9(2)7-12-8-15-14(18-12)17-13-6-5-10(3)16-11(13)4/h5-6,9,12H,7-8H2,1-4H3,(H,15,17). The zero-order valence-corrected chi connectivity index (χ0v) is 12.3. The van der Waals surface area contributed by atoms with E-state index in [0.717, 1.165) is 34.7 Å². The predicted molar refractivity (Wildman–Crippen MR) is 80.5 cm³/mol. The van der Waals surface area contributed by atoms with Gasteiger partial charge in [-0.1, -0.05) is 25.6 Å². The molecule has 1 N–H and O–H groups in total. The van der Waals surface area contributed by atoms with Crippen LogP contribution < -0.4 is 5.32 Å². The largest absolute Gasteiger partial charge is 0.333 e. The molecule has 3 nitrogen and oxygen atoms in total. The van der Waals surface area contributed by atoms with E-state index >= 15 is 0 Å². The van der Waals surface area contributed by atoms with Crippen molar-refractivity contribution in [3.63, 3.8) is 0 Å². The lowest BCUT2D eigenvalue weighted by molar-refractivity contribution is 0.575. The summed E-state index contributed by atoms with van der Waals surface area (Å²) in [6.07, 6.45) is 1.23. The number of rotatable bonds is 3. The highest BCUT2D eigenvalue weighted by Gasteiger charge is 2.20. The van der Waals surface area contributed by atoms with Gasteiger partial charge in [-0.2, -0.15) is 0 Å². The number of thioether (sulfide) groups is 1. The Labute approximate surface area is 113 Å².